The van der Waals surface area contributed by atoms with Gasteiger partial charge in [-0.1, -0.05) is 31.0 Å². The average molecular weight is 435 g/mol. The summed E-state index contributed by atoms with van der Waals surface area (Å²) in [6.07, 6.45) is 8.24. The molecule has 30 heavy (non-hydrogen) atoms. The van der Waals surface area contributed by atoms with E-state index in [0.717, 1.165) is 51.4 Å². The van der Waals surface area contributed by atoms with E-state index in [4.69, 9.17) is 0 Å². The van der Waals surface area contributed by atoms with Crippen LogP contribution in [-0.4, -0.2) is 49.6 Å². The molecule has 0 unspecified atom stereocenters. The molecule has 1 heterocycles. The number of hydrogen-bond acceptors (Lipinski definition) is 4. The van der Waals surface area contributed by atoms with E-state index < -0.39 is 15.6 Å². The number of likely N-dealkylation sites (tertiary alicyclic amines) is 1. The quantitative estimate of drug-likeness (QED) is 0.746. The van der Waals surface area contributed by atoms with E-state index in [-0.39, 0.29) is 23.7 Å². The van der Waals surface area contributed by atoms with Gasteiger partial charge in [-0.3, -0.25) is 4.79 Å². The molecule has 3 aliphatic rings. The molecule has 1 aromatic rings. The van der Waals surface area contributed by atoms with Crippen molar-refractivity contribution in [1.29, 1.82) is 0 Å². The van der Waals surface area contributed by atoms with Crippen molar-refractivity contribution in [2.24, 2.45) is 17.8 Å². The van der Waals surface area contributed by atoms with Crippen LogP contribution in [0.1, 0.15) is 57.8 Å². The zero-order chi connectivity index (χ0) is 21.2. The number of aliphatic hydroxyl groups is 1. The van der Waals surface area contributed by atoms with Crippen LogP contribution in [0.5, 0.6) is 0 Å². The molecule has 6 nitrogen and oxygen atoms in total. The Kier molecular flexibility index (Phi) is 6.51. The molecule has 1 saturated heterocycles. The smallest absolute Gasteiger partial charge is 0.240 e. The standard InChI is InChI=1S/C23H34N2O4S/c26-22(25-15-14-23(27)13-5-4-6-20(23)17-25)19-11-9-18(10-12-19)16-24-30(28,29)21-7-2-1-3-8-21/h1-3,7-8,18-20,24,27H,4-6,9-17H2/t18?,19?,20-,23+/m1/s1. The summed E-state index contributed by atoms with van der Waals surface area (Å²) in [6, 6.07) is 8.45. The molecular formula is C23H34N2O4S. The van der Waals surface area contributed by atoms with E-state index >= 15 is 0 Å². The minimum Gasteiger partial charge on any atom is -0.389 e. The van der Waals surface area contributed by atoms with Gasteiger partial charge in [-0.2, -0.15) is 0 Å². The van der Waals surface area contributed by atoms with Crippen molar-refractivity contribution in [3.05, 3.63) is 30.3 Å². The lowest BCUT2D eigenvalue weighted by molar-refractivity contribution is -0.148. The molecule has 0 radical (unpaired) electrons. The maximum Gasteiger partial charge on any atom is 0.240 e. The van der Waals surface area contributed by atoms with Gasteiger partial charge in [-0.15, -0.1) is 0 Å². The molecule has 166 valence electrons. The van der Waals surface area contributed by atoms with Crippen LogP contribution in [0.2, 0.25) is 0 Å². The number of sulfonamides is 1. The minimum absolute atomic E-state index is 0.0433. The number of nitrogens with zero attached hydrogens (tertiary/aromatic N) is 1. The van der Waals surface area contributed by atoms with Gasteiger partial charge in [0, 0.05) is 31.5 Å². The highest BCUT2D eigenvalue weighted by atomic mass is 32.2. The van der Waals surface area contributed by atoms with Gasteiger partial charge in [0.25, 0.3) is 0 Å². The molecule has 2 atom stereocenters. The monoisotopic (exact) mass is 434 g/mol. The molecule has 4 rings (SSSR count). The third-order valence-corrected chi connectivity index (χ3v) is 8.99. The van der Waals surface area contributed by atoms with Gasteiger partial charge in [0.15, 0.2) is 0 Å². The Bertz CT molecular complexity index is 836. The molecule has 1 aliphatic heterocycles. The molecule has 0 bridgehead atoms. The van der Waals surface area contributed by atoms with Gasteiger partial charge in [0.05, 0.1) is 10.5 Å². The summed E-state index contributed by atoms with van der Waals surface area (Å²) in [7, 11) is -3.47. The maximum absolute atomic E-state index is 13.1. The lowest BCUT2D eigenvalue weighted by Gasteiger charge is -2.48. The summed E-state index contributed by atoms with van der Waals surface area (Å²) in [4.78, 5) is 15.4. The van der Waals surface area contributed by atoms with Crippen molar-refractivity contribution in [1.82, 2.24) is 9.62 Å². The van der Waals surface area contributed by atoms with Gasteiger partial charge < -0.3 is 10.0 Å². The van der Waals surface area contributed by atoms with Crippen LogP contribution in [0.15, 0.2) is 35.2 Å². The number of rotatable bonds is 5. The Labute approximate surface area is 180 Å². The Morgan fingerprint density at radius 2 is 1.80 bits per heavy atom. The van der Waals surface area contributed by atoms with E-state index in [1.54, 1.807) is 30.3 Å². The van der Waals surface area contributed by atoms with Crippen LogP contribution < -0.4 is 4.72 Å². The maximum atomic E-state index is 13.1. The van der Waals surface area contributed by atoms with Crippen molar-refractivity contribution in [3.8, 4) is 0 Å². The molecule has 1 amide bonds. The second-order valence-corrected chi connectivity index (χ2v) is 11.2. The van der Waals surface area contributed by atoms with E-state index in [2.05, 4.69) is 4.72 Å². The fourth-order valence-corrected chi connectivity index (χ4v) is 6.69. The summed E-state index contributed by atoms with van der Waals surface area (Å²) < 4.78 is 27.5. The number of nitrogens with one attached hydrogen (secondary N) is 1. The predicted octanol–water partition coefficient (Wildman–Crippen LogP) is 2.92. The second kappa shape index (κ2) is 8.97. The molecule has 3 fully saturated rings. The molecule has 0 spiro atoms. The number of fused-ring (bicyclic) bond motifs is 1. The van der Waals surface area contributed by atoms with E-state index in [0.29, 0.717) is 31.0 Å². The fraction of sp³-hybridized carbons (Fsp3) is 0.696. The third-order valence-electron chi connectivity index (χ3n) is 7.55. The first kappa shape index (κ1) is 21.8. The first-order valence-electron chi connectivity index (χ1n) is 11.4. The summed E-state index contributed by atoms with van der Waals surface area (Å²) in [5.74, 6) is 0.790. The Hall–Kier alpha value is -1.44. The van der Waals surface area contributed by atoms with Crippen LogP contribution in [-0.2, 0) is 14.8 Å². The van der Waals surface area contributed by atoms with E-state index in [1.165, 1.54) is 0 Å². The van der Waals surface area contributed by atoms with Gasteiger partial charge in [-0.25, -0.2) is 13.1 Å². The minimum atomic E-state index is -3.47. The first-order chi connectivity index (χ1) is 14.4. The summed E-state index contributed by atoms with van der Waals surface area (Å²) in [5.41, 5.74) is -0.553. The second-order valence-electron chi connectivity index (χ2n) is 9.46. The number of hydrogen-bond donors (Lipinski definition) is 2. The van der Waals surface area contributed by atoms with Crippen LogP contribution in [0.3, 0.4) is 0 Å². The topological polar surface area (TPSA) is 86.7 Å². The Balaban J connectivity index is 1.25. The van der Waals surface area contributed by atoms with Crippen LogP contribution >= 0.6 is 0 Å². The first-order valence-corrected chi connectivity index (χ1v) is 12.9. The van der Waals surface area contributed by atoms with Crippen molar-refractivity contribution in [2.75, 3.05) is 19.6 Å². The molecule has 2 aliphatic carbocycles. The van der Waals surface area contributed by atoms with Gasteiger partial charge >= 0.3 is 0 Å². The molecule has 2 N–H and O–H groups in total. The largest absolute Gasteiger partial charge is 0.389 e. The molecular weight excluding hydrogens is 400 g/mol. The lowest BCUT2D eigenvalue weighted by atomic mass is 9.71. The van der Waals surface area contributed by atoms with Crippen molar-refractivity contribution in [2.45, 2.75) is 68.3 Å². The normalized spacial score (nSPS) is 32.4. The molecule has 7 heteroatoms. The number of benzene rings is 1. The highest BCUT2D eigenvalue weighted by Crippen LogP contribution is 2.40. The fourth-order valence-electron chi connectivity index (χ4n) is 5.55. The van der Waals surface area contributed by atoms with Gasteiger partial charge in [0.1, 0.15) is 0 Å². The Morgan fingerprint density at radius 3 is 2.53 bits per heavy atom. The lowest BCUT2D eigenvalue weighted by Crippen LogP contribution is -2.55. The SMILES string of the molecule is O=C(C1CCC(CNS(=O)(=O)c2ccccc2)CC1)N1CC[C@@]2(O)CCCC[C@@H]2C1. The van der Waals surface area contributed by atoms with Crippen molar-refractivity contribution < 1.29 is 18.3 Å². The van der Waals surface area contributed by atoms with Crippen LogP contribution in [0, 0.1) is 17.8 Å². The molecule has 0 aromatic heterocycles. The average Bonchev–Trinajstić information content (AvgIpc) is 2.77. The van der Waals surface area contributed by atoms with E-state index in [1.807, 2.05) is 4.90 Å². The van der Waals surface area contributed by atoms with Crippen LogP contribution in [0.4, 0.5) is 0 Å². The Morgan fingerprint density at radius 1 is 1.07 bits per heavy atom. The highest BCUT2D eigenvalue weighted by molar-refractivity contribution is 7.89. The van der Waals surface area contributed by atoms with Crippen molar-refractivity contribution in [3.63, 3.8) is 0 Å². The number of carbonyl (C=O) groups excluding carboxylic acids is 1. The van der Waals surface area contributed by atoms with Crippen molar-refractivity contribution >= 4 is 15.9 Å². The van der Waals surface area contributed by atoms with Gasteiger partial charge in [0.2, 0.25) is 15.9 Å². The predicted molar refractivity (Wildman–Crippen MR) is 115 cm³/mol. The summed E-state index contributed by atoms with van der Waals surface area (Å²) >= 11 is 0. The zero-order valence-corrected chi connectivity index (χ0v) is 18.4. The zero-order valence-electron chi connectivity index (χ0n) is 17.6. The third kappa shape index (κ3) is 4.73. The summed E-state index contributed by atoms with van der Waals surface area (Å²) in [6.45, 7) is 1.80. The highest BCUT2D eigenvalue weighted by Gasteiger charge is 2.44. The number of amides is 1. The van der Waals surface area contributed by atoms with Crippen LogP contribution in [0.25, 0.3) is 0 Å². The molecule has 2 saturated carbocycles. The molecule has 1 aromatic carbocycles. The van der Waals surface area contributed by atoms with Gasteiger partial charge in [-0.05, 0) is 63.0 Å². The summed E-state index contributed by atoms with van der Waals surface area (Å²) in [5, 5.41) is 10.8. The van der Waals surface area contributed by atoms with E-state index in [9.17, 15) is 18.3 Å². The number of piperidine rings is 1. The number of carbonyl (C=O) groups is 1.